The third-order valence-corrected chi connectivity index (χ3v) is 4.52. The highest BCUT2D eigenvalue weighted by molar-refractivity contribution is 7.89. The summed E-state index contributed by atoms with van der Waals surface area (Å²) in [5.41, 5.74) is 6.11. The number of nitrogens with two attached hydrogens (primary N) is 1. The van der Waals surface area contributed by atoms with E-state index in [4.69, 9.17) is 5.73 Å². The van der Waals surface area contributed by atoms with Gasteiger partial charge in [-0.05, 0) is 32.0 Å². The molecule has 1 rings (SSSR count). The molecule has 0 heterocycles. The highest BCUT2D eigenvalue weighted by atomic mass is 32.2. The maximum atomic E-state index is 12.2. The predicted octanol–water partition coefficient (Wildman–Crippen LogP) is 1.09. The second-order valence-corrected chi connectivity index (χ2v) is 6.53. The molecule has 6 heteroatoms. The van der Waals surface area contributed by atoms with Gasteiger partial charge in [-0.25, -0.2) is 12.7 Å². The van der Waals surface area contributed by atoms with Gasteiger partial charge in [0.2, 0.25) is 10.0 Å². The molecule has 0 saturated heterocycles. The van der Waals surface area contributed by atoms with Gasteiger partial charge in [0.15, 0.2) is 0 Å². The lowest BCUT2D eigenvalue weighted by molar-refractivity contribution is 0.521. The minimum absolute atomic E-state index is 0.133. The van der Waals surface area contributed by atoms with Crippen molar-refractivity contribution in [3.05, 3.63) is 24.3 Å². The fourth-order valence-corrected chi connectivity index (χ4v) is 2.64. The molecule has 0 aliphatic heterocycles. The summed E-state index contributed by atoms with van der Waals surface area (Å²) in [5.74, 6) is 0. The van der Waals surface area contributed by atoms with E-state index >= 15 is 0 Å². The summed E-state index contributed by atoms with van der Waals surface area (Å²) in [7, 11) is -0.382. The van der Waals surface area contributed by atoms with Crippen molar-refractivity contribution in [2.45, 2.75) is 24.3 Å². The van der Waals surface area contributed by atoms with Gasteiger partial charge in [-0.1, -0.05) is 12.1 Å². The summed E-state index contributed by atoms with van der Waals surface area (Å²) < 4.78 is 25.5. The van der Waals surface area contributed by atoms with Crippen molar-refractivity contribution >= 4 is 15.7 Å². The SMILES string of the molecule is CC(CCN)Nc1ccccc1S(=O)(=O)N(C)C. The van der Waals surface area contributed by atoms with Gasteiger partial charge in [0.1, 0.15) is 4.90 Å². The summed E-state index contributed by atoms with van der Waals surface area (Å²) in [6.07, 6.45) is 0.788. The lowest BCUT2D eigenvalue weighted by Crippen LogP contribution is -2.25. The molecule has 0 spiro atoms. The molecule has 0 aliphatic carbocycles. The Morgan fingerprint density at radius 3 is 2.50 bits per heavy atom. The maximum absolute atomic E-state index is 12.2. The Morgan fingerprint density at radius 1 is 1.33 bits per heavy atom. The molecule has 0 radical (unpaired) electrons. The third kappa shape index (κ3) is 3.44. The van der Waals surface area contributed by atoms with E-state index in [-0.39, 0.29) is 6.04 Å². The van der Waals surface area contributed by atoms with Crippen molar-refractivity contribution in [1.29, 1.82) is 0 Å². The average Bonchev–Trinajstić information content (AvgIpc) is 2.29. The number of sulfonamides is 1. The fraction of sp³-hybridized carbons (Fsp3) is 0.500. The molecular weight excluding hydrogens is 250 g/mol. The van der Waals surface area contributed by atoms with Crippen molar-refractivity contribution in [1.82, 2.24) is 4.31 Å². The first-order chi connectivity index (χ1) is 8.39. The van der Waals surface area contributed by atoms with Crippen molar-refractivity contribution in [2.24, 2.45) is 5.73 Å². The van der Waals surface area contributed by atoms with Crippen molar-refractivity contribution < 1.29 is 8.42 Å². The zero-order valence-corrected chi connectivity index (χ0v) is 11.9. The van der Waals surface area contributed by atoms with Crippen molar-refractivity contribution in [2.75, 3.05) is 26.0 Å². The Morgan fingerprint density at radius 2 is 1.94 bits per heavy atom. The van der Waals surface area contributed by atoms with Crippen LogP contribution in [0.2, 0.25) is 0 Å². The Hall–Kier alpha value is -1.11. The summed E-state index contributed by atoms with van der Waals surface area (Å²) in [6.45, 7) is 2.54. The average molecular weight is 271 g/mol. The molecule has 0 aromatic heterocycles. The molecule has 1 aromatic carbocycles. The van der Waals surface area contributed by atoms with E-state index in [1.54, 1.807) is 18.2 Å². The molecule has 1 aromatic rings. The van der Waals surface area contributed by atoms with Crippen LogP contribution < -0.4 is 11.1 Å². The van der Waals surface area contributed by atoms with Gasteiger partial charge in [0.25, 0.3) is 0 Å². The molecule has 0 amide bonds. The molecule has 0 fully saturated rings. The molecule has 1 atom stereocenters. The van der Waals surface area contributed by atoms with E-state index < -0.39 is 10.0 Å². The molecule has 18 heavy (non-hydrogen) atoms. The largest absolute Gasteiger partial charge is 0.381 e. The molecule has 0 bridgehead atoms. The third-order valence-electron chi connectivity index (χ3n) is 2.65. The number of para-hydroxylation sites is 1. The topological polar surface area (TPSA) is 75.4 Å². The molecular formula is C12H21N3O2S. The highest BCUT2D eigenvalue weighted by Gasteiger charge is 2.21. The van der Waals surface area contributed by atoms with Crippen molar-refractivity contribution in [3.8, 4) is 0 Å². The van der Waals surface area contributed by atoms with Gasteiger partial charge in [-0.2, -0.15) is 0 Å². The lowest BCUT2D eigenvalue weighted by Gasteiger charge is -2.19. The van der Waals surface area contributed by atoms with Gasteiger partial charge < -0.3 is 11.1 Å². The van der Waals surface area contributed by atoms with Gasteiger partial charge in [-0.3, -0.25) is 0 Å². The van der Waals surface area contributed by atoms with Crippen LogP contribution in [0.1, 0.15) is 13.3 Å². The predicted molar refractivity (Wildman–Crippen MR) is 74.1 cm³/mol. The standard InChI is InChI=1S/C12H21N3O2S/c1-10(8-9-13)14-11-6-4-5-7-12(11)18(16,17)15(2)3/h4-7,10,14H,8-9,13H2,1-3H3. The van der Waals surface area contributed by atoms with Gasteiger partial charge in [0.05, 0.1) is 5.69 Å². The van der Waals surface area contributed by atoms with Crippen LogP contribution in [-0.2, 0) is 10.0 Å². The van der Waals surface area contributed by atoms with E-state index in [9.17, 15) is 8.42 Å². The molecule has 3 N–H and O–H groups in total. The Labute approximate surface area is 109 Å². The monoisotopic (exact) mass is 271 g/mol. The maximum Gasteiger partial charge on any atom is 0.244 e. The molecule has 0 saturated carbocycles. The van der Waals surface area contributed by atoms with Gasteiger partial charge >= 0.3 is 0 Å². The minimum atomic E-state index is -3.43. The smallest absolute Gasteiger partial charge is 0.244 e. The van der Waals surface area contributed by atoms with E-state index in [1.165, 1.54) is 18.4 Å². The van der Waals surface area contributed by atoms with Crippen LogP contribution in [0, 0.1) is 0 Å². The van der Waals surface area contributed by atoms with Crippen LogP contribution in [0.5, 0.6) is 0 Å². The zero-order valence-electron chi connectivity index (χ0n) is 11.1. The van der Waals surface area contributed by atoms with Crippen LogP contribution in [0.4, 0.5) is 5.69 Å². The number of rotatable bonds is 6. The normalized spacial score (nSPS) is 13.6. The van der Waals surface area contributed by atoms with E-state index in [0.29, 0.717) is 17.1 Å². The summed E-state index contributed by atoms with van der Waals surface area (Å²) in [6, 6.07) is 7.03. The number of nitrogens with zero attached hydrogens (tertiary/aromatic N) is 1. The molecule has 1 unspecified atom stereocenters. The summed E-state index contributed by atoms with van der Waals surface area (Å²) >= 11 is 0. The number of hydrogen-bond acceptors (Lipinski definition) is 4. The van der Waals surface area contributed by atoms with Crippen LogP contribution in [0.15, 0.2) is 29.2 Å². The Bertz CT molecular complexity index is 486. The first kappa shape index (κ1) is 14.9. The molecule has 0 aliphatic rings. The van der Waals surface area contributed by atoms with Gasteiger partial charge in [-0.15, -0.1) is 0 Å². The van der Waals surface area contributed by atoms with Crippen molar-refractivity contribution in [3.63, 3.8) is 0 Å². The number of benzene rings is 1. The van der Waals surface area contributed by atoms with Crippen LogP contribution >= 0.6 is 0 Å². The Balaban J connectivity index is 3.08. The first-order valence-electron chi connectivity index (χ1n) is 5.87. The lowest BCUT2D eigenvalue weighted by atomic mass is 10.2. The quantitative estimate of drug-likeness (QED) is 0.812. The highest BCUT2D eigenvalue weighted by Crippen LogP contribution is 2.23. The fourth-order valence-electron chi connectivity index (χ4n) is 1.60. The number of hydrogen-bond donors (Lipinski definition) is 2. The van der Waals surface area contributed by atoms with E-state index in [1.807, 2.05) is 13.0 Å². The second kappa shape index (κ2) is 6.17. The summed E-state index contributed by atoms with van der Waals surface area (Å²) in [5, 5.41) is 3.19. The minimum Gasteiger partial charge on any atom is -0.381 e. The van der Waals surface area contributed by atoms with Crippen LogP contribution in [0.25, 0.3) is 0 Å². The number of nitrogens with one attached hydrogen (secondary N) is 1. The number of anilines is 1. The molecule has 102 valence electrons. The Kier molecular flexibility index (Phi) is 5.13. The first-order valence-corrected chi connectivity index (χ1v) is 7.31. The van der Waals surface area contributed by atoms with Crippen LogP contribution in [-0.4, -0.2) is 39.4 Å². The zero-order chi connectivity index (χ0) is 13.8. The van der Waals surface area contributed by atoms with E-state index in [2.05, 4.69) is 5.32 Å². The second-order valence-electron chi connectivity index (χ2n) is 4.41. The molecule has 5 nitrogen and oxygen atoms in total. The summed E-state index contributed by atoms with van der Waals surface area (Å²) in [4.78, 5) is 0.291. The van der Waals surface area contributed by atoms with Crippen LogP contribution in [0.3, 0.4) is 0 Å². The van der Waals surface area contributed by atoms with E-state index in [0.717, 1.165) is 6.42 Å². The van der Waals surface area contributed by atoms with Gasteiger partial charge in [0, 0.05) is 20.1 Å².